The van der Waals surface area contributed by atoms with Crippen LogP contribution in [0, 0.1) is 12.8 Å². The van der Waals surface area contributed by atoms with Crippen molar-refractivity contribution < 1.29 is 14.4 Å². The van der Waals surface area contributed by atoms with Crippen molar-refractivity contribution in [1.29, 1.82) is 0 Å². The summed E-state index contributed by atoms with van der Waals surface area (Å²) in [6, 6.07) is 15.5. The Morgan fingerprint density at radius 2 is 1.70 bits per heavy atom. The molecule has 33 heavy (non-hydrogen) atoms. The van der Waals surface area contributed by atoms with Crippen LogP contribution < -0.4 is 5.73 Å². The van der Waals surface area contributed by atoms with Crippen LogP contribution in [0.4, 0.5) is 0 Å². The maximum absolute atomic E-state index is 13.5. The third kappa shape index (κ3) is 3.39. The van der Waals surface area contributed by atoms with E-state index in [-0.39, 0.29) is 36.2 Å². The van der Waals surface area contributed by atoms with Gasteiger partial charge >= 0.3 is 0 Å². The Labute approximate surface area is 192 Å². The van der Waals surface area contributed by atoms with E-state index in [0.29, 0.717) is 31.5 Å². The van der Waals surface area contributed by atoms with Crippen LogP contribution in [0.25, 0.3) is 10.9 Å². The highest BCUT2D eigenvalue weighted by molar-refractivity contribution is 6.02. The first-order valence-electron chi connectivity index (χ1n) is 11.4. The van der Waals surface area contributed by atoms with Crippen LogP contribution in [-0.4, -0.2) is 51.7 Å². The molecule has 1 fully saturated rings. The average Bonchev–Trinajstić information content (AvgIpc) is 3.24. The predicted molar refractivity (Wildman–Crippen MR) is 125 cm³/mol. The molecular weight excluding hydrogens is 416 g/mol. The van der Waals surface area contributed by atoms with E-state index in [1.54, 1.807) is 9.80 Å². The fraction of sp³-hybridized carbons (Fsp3) is 0.346. The molecule has 7 nitrogen and oxygen atoms in total. The number of para-hydroxylation sites is 1. The van der Waals surface area contributed by atoms with Gasteiger partial charge in [0.25, 0.3) is 5.91 Å². The molecule has 3 aromatic rings. The van der Waals surface area contributed by atoms with Crippen molar-refractivity contribution in [2.75, 3.05) is 19.6 Å². The Morgan fingerprint density at radius 1 is 1.03 bits per heavy atom. The van der Waals surface area contributed by atoms with Crippen molar-refractivity contribution >= 4 is 28.6 Å². The van der Waals surface area contributed by atoms with Gasteiger partial charge in [0.2, 0.25) is 11.8 Å². The molecule has 0 bridgehead atoms. The standard InChI is InChI=1S/C26H28N4O3/c1-16-23(20-9-5-6-10-21(20)28(16)2)24-18-7-3-4-8-19(18)26(33)30(24)15-22(31)29-13-11-17(12-14-29)25(27)32/h3-10,17,24H,11-15H2,1-2H3,(H2,27,32)/t24-/m0/s1. The number of carbonyl (C=O) groups excluding carboxylic acids is 3. The first-order chi connectivity index (χ1) is 15.9. The number of primary amides is 1. The van der Waals surface area contributed by atoms with Gasteiger partial charge in [-0.2, -0.15) is 0 Å². The fourth-order valence-electron chi connectivity index (χ4n) is 5.40. The summed E-state index contributed by atoms with van der Waals surface area (Å²) in [6.07, 6.45) is 1.14. The van der Waals surface area contributed by atoms with Gasteiger partial charge in [-0.15, -0.1) is 0 Å². The average molecular weight is 445 g/mol. The minimum Gasteiger partial charge on any atom is -0.369 e. The molecule has 0 spiro atoms. The van der Waals surface area contributed by atoms with Gasteiger partial charge in [0.1, 0.15) is 6.54 Å². The number of aromatic nitrogens is 1. The van der Waals surface area contributed by atoms with E-state index in [4.69, 9.17) is 5.73 Å². The Hall–Kier alpha value is -3.61. The minimum atomic E-state index is -0.327. The summed E-state index contributed by atoms with van der Waals surface area (Å²) < 4.78 is 2.14. The number of nitrogens with zero attached hydrogens (tertiary/aromatic N) is 3. The lowest BCUT2D eigenvalue weighted by atomic mass is 9.95. The van der Waals surface area contributed by atoms with Crippen LogP contribution in [0.15, 0.2) is 48.5 Å². The molecule has 3 heterocycles. The topological polar surface area (TPSA) is 88.6 Å². The molecule has 3 amide bonds. The molecule has 1 aromatic heterocycles. The zero-order valence-corrected chi connectivity index (χ0v) is 19.0. The molecule has 1 atom stereocenters. The summed E-state index contributed by atoms with van der Waals surface area (Å²) in [5.74, 6) is -0.707. The van der Waals surface area contributed by atoms with Crippen molar-refractivity contribution in [1.82, 2.24) is 14.4 Å². The summed E-state index contributed by atoms with van der Waals surface area (Å²) in [7, 11) is 2.03. The predicted octanol–water partition coefficient (Wildman–Crippen LogP) is 2.76. The lowest BCUT2D eigenvalue weighted by Crippen LogP contribution is -2.46. The number of fused-ring (bicyclic) bond motifs is 2. The quantitative estimate of drug-likeness (QED) is 0.671. The molecule has 2 N–H and O–H groups in total. The van der Waals surface area contributed by atoms with E-state index in [9.17, 15) is 14.4 Å². The van der Waals surface area contributed by atoms with Crippen LogP contribution in [0.1, 0.15) is 46.1 Å². The second-order valence-electron chi connectivity index (χ2n) is 9.06. The van der Waals surface area contributed by atoms with E-state index < -0.39 is 0 Å². The van der Waals surface area contributed by atoms with Crippen molar-refractivity contribution in [3.05, 3.63) is 70.9 Å². The monoisotopic (exact) mass is 444 g/mol. The summed E-state index contributed by atoms with van der Waals surface area (Å²) in [5, 5.41) is 1.09. The SMILES string of the molecule is Cc1c([C@@H]2c3ccccc3C(=O)N2CC(=O)N2CCC(C(N)=O)CC2)c2ccccc2n1C. The van der Waals surface area contributed by atoms with E-state index in [1.165, 1.54) is 0 Å². The van der Waals surface area contributed by atoms with Crippen LogP contribution in [0.2, 0.25) is 0 Å². The van der Waals surface area contributed by atoms with E-state index in [1.807, 2.05) is 43.4 Å². The normalized spacial score (nSPS) is 18.7. The summed E-state index contributed by atoms with van der Waals surface area (Å²) in [5.41, 5.74) is 10.3. The number of amides is 3. The van der Waals surface area contributed by atoms with Crippen molar-refractivity contribution in [2.24, 2.45) is 18.7 Å². The molecule has 170 valence electrons. The van der Waals surface area contributed by atoms with Crippen LogP contribution in [0.5, 0.6) is 0 Å². The van der Waals surface area contributed by atoms with Gasteiger partial charge in [0.15, 0.2) is 0 Å². The molecule has 2 aromatic carbocycles. The molecule has 5 rings (SSSR count). The van der Waals surface area contributed by atoms with Crippen molar-refractivity contribution in [3.8, 4) is 0 Å². The van der Waals surface area contributed by atoms with Gasteiger partial charge in [-0.1, -0.05) is 36.4 Å². The number of hydrogen-bond donors (Lipinski definition) is 1. The number of aryl methyl sites for hydroxylation is 1. The summed E-state index contributed by atoms with van der Waals surface area (Å²) in [4.78, 5) is 41.7. The van der Waals surface area contributed by atoms with Gasteiger partial charge < -0.3 is 20.1 Å². The van der Waals surface area contributed by atoms with Crippen LogP contribution in [-0.2, 0) is 16.6 Å². The maximum Gasteiger partial charge on any atom is 0.255 e. The van der Waals surface area contributed by atoms with Crippen molar-refractivity contribution in [2.45, 2.75) is 25.8 Å². The van der Waals surface area contributed by atoms with E-state index in [0.717, 1.165) is 27.7 Å². The maximum atomic E-state index is 13.5. The zero-order chi connectivity index (χ0) is 23.3. The largest absolute Gasteiger partial charge is 0.369 e. The number of nitrogens with two attached hydrogens (primary N) is 1. The Balaban J connectivity index is 1.51. The lowest BCUT2D eigenvalue weighted by Gasteiger charge is -2.33. The molecule has 2 aliphatic heterocycles. The smallest absolute Gasteiger partial charge is 0.255 e. The number of piperidine rings is 1. The molecule has 1 saturated heterocycles. The third-order valence-electron chi connectivity index (χ3n) is 7.34. The van der Waals surface area contributed by atoms with Gasteiger partial charge in [-0.3, -0.25) is 14.4 Å². The number of carbonyl (C=O) groups is 3. The highest BCUT2D eigenvalue weighted by atomic mass is 16.2. The molecule has 7 heteroatoms. The molecule has 0 unspecified atom stereocenters. The van der Waals surface area contributed by atoms with Gasteiger partial charge in [0.05, 0.1) is 6.04 Å². The molecular formula is C26H28N4O3. The Morgan fingerprint density at radius 3 is 2.42 bits per heavy atom. The second kappa shape index (κ2) is 8.06. The number of benzene rings is 2. The zero-order valence-electron chi connectivity index (χ0n) is 19.0. The molecule has 0 saturated carbocycles. The van der Waals surface area contributed by atoms with E-state index in [2.05, 4.69) is 23.6 Å². The Kier molecular flexibility index (Phi) is 5.19. The number of likely N-dealkylation sites (tertiary alicyclic amines) is 1. The van der Waals surface area contributed by atoms with Gasteiger partial charge in [-0.05, 0) is 37.5 Å². The molecule has 2 aliphatic rings. The second-order valence-corrected chi connectivity index (χ2v) is 9.06. The fourth-order valence-corrected chi connectivity index (χ4v) is 5.40. The third-order valence-corrected chi connectivity index (χ3v) is 7.34. The van der Waals surface area contributed by atoms with Crippen LogP contribution >= 0.6 is 0 Å². The Bertz CT molecular complexity index is 1270. The highest BCUT2D eigenvalue weighted by Gasteiger charge is 2.41. The number of hydrogen-bond acceptors (Lipinski definition) is 3. The first-order valence-corrected chi connectivity index (χ1v) is 11.4. The van der Waals surface area contributed by atoms with Crippen molar-refractivity contribution in [3.63, 3.8) is 0 Å². The summed E-state index contributed by atoms with van der Waals surface area (Å²) in [6.45, 7) is 3.04. The molecule has 0 radical (unpaired) electrons. The number of rotatable bonds is 4. The van der Waals surface area contributed by atoms with E-state index >= 15 is 0 Å². The minimum absolute atomic E-state index is 0.00206. The first kappa shape index (κ1) is 21.2. The van der Waals surface area contributed by atoms with Gasteiger partial charge in [-0.25, -0.2) is 0 Å². The molecule has 0 aliphatic carbocycles. The van der Waals surface area contributed by atoms with Crippen LogP contribution in [0.3, 0.4) is 0 Å². The summed E-state index contributed by atoms with van der Waals surface area (Å²) >= 11 is 0. The highest BCUT2D eigenvalue weighted by Crippen LogP contribution is 2.43. The van der Waals surface area contributed by atoms with Gasteiger partial charge in [0, 0.05) is 53.8 Å². The lowest BCUT2D eigenvalue weighted by molar-refractivity contribution is -0.135.